The zero-order valence-corrected chi connectivity index (χ0v) is 20.4. The van der Waals surface area contributed by atoms with Crippen LogP contribution in [-0.2, 0) is 20.5 Å². The molecule has 0 amide bonds. The van der Waals surface area contributed by atoms with Gasteiger partial charge in [0.15, 0.2) is 0 Å². The van der Waals surface area contributed by atoms with Crippen LogP contribution in [0.2, 0.25) is 0 Å². The molecular weight excluding hydrogens is 386 g/mol. The van der Waals surface area contributed by atoms with Gasteiger partial charge in [-0.25, -0.2) is 4.68 Å². The number of Topliss-reactive ketones (excluding diaryl/α,β-unsaturated/α-hetero) is 2. The highest BCUT2D eigenvalue weighted by Crippen LogP contribution is 2.23. The van der Waals surface area contributed by atoms with E-state index < -0.39 is 0 Å². The van der Waals surface area contributed by atoms with Crippen molar-refractivity contribution in [2.75, 3.05) is 0 Å². The maximum Gasteiger partial charge on any atom is 0.140 e. The van der Waals surface area contributed by atoms with Crippen LogP contribution in [0.25, 0.3) is 0 Å². The first-order chi connectivity index (χ1) is 12.2. The van der Waals surface area contributed by atoms with Crippen molar-refractivity contribution in [1.82, 2.24) is 15.0 Å². The van der Waals surface area contributed by atoms with E-state index in [4.69, 9.17) is 0 Å². The fourth-order valence-corrected chi connectivity index (χ4v) is 2.46. The monoisotopic (exact) mass is 441 g/mol. The highest BCUT2D eigenvalue weighted by Gasteiger charge is 2.22. The Balaban J connectivity index is -0.000000216. The first-order valence-corrected chi connectivity index (χ1v) is 10.2. The Kier molecular flexibility index (Phi) is 15.6. The summed E-state index contributed by atoms with van der Waals surface area (Å²) >= 11 is 0. The van der Waals surface area contributed by atoms with Crippen molar-refractivity contribution in [2.24, 2.45) is 10.8 Å². The average molecular weight is 442 g/mol. The minimum atomic E-state index is -0.0148. The molecule has 1 rings (SSSR count). The van der Waals surface area contributed by atoms with Crippen LogP contribution < -0.4 is 0 Å². The first kappa shape index (κ1) is 36.8. The predicted octanol–water partition coefficient (Wildman–Crippen LogP) is 7.63. The summed E-state index contributed by atoms with van der Waals surface area (Å²) in [6, 6.07) is 0. The summed E-state index contributed by atoms with van der Waals surface area (Å²) in [7, 11) is 0. The number of carbonyl (C=O) groups excluding carboxylic acids is 2. The number of aromatic nitrogens is 3. The van der Waals surface area contributed by atoms with E-state index in [-0.39, 0.29) is 62.1 Å². The van der Waals surface area contributed by atoms with E-state index in [1.807, 2.05) is 52.4 Å². The second kappa shape index (κ2) is 13.1. The summed E-state index contributed by atoms with van der Waals surface area (Å²) in [5.41, 5.74) is 1.13. The van der Waals surface area contributed by atoms with Gasteiger partial charge in [-0.2, -0.15) is 0 Å². The SMILES string of the molecule is C.C.C.CC(C)(C)CC(=O)CC(=O)CC(C)(C)C.CC(C)(C)c1cn(C(C)(C)C)nn1. The van der Waals surface area contributed by atoms with Gasteiger partial charge in [-0.15, -0.1) is 5.10 Å². The van der Waals surface area contributed by atoms with Crippen LogP contribution in [0.3, 0.4) is 0 Å². The molecule has 5 nitrogen and oxygen atoms in total. The summed E-state index contributed by atoms with van der Waals surface area (Å²) < 4.78 is 1.91. The maximum atomic E-state index is 11.5. The fourth-order valence-electron chi connectivity index (χ4n) is 2.46. The van der Waals surface area contributed by atoms with Crippen molar-refractivity contribution < 1.29 is 9.59 Å². The molecule has 0 bridgehead atoms. The topological polar surface area (TPSA) is 64.8 Å². The van der Waals surface area contributed by atoms with Gasteiger partial charge in [0.2, 0.25) is 0 Å². The van der Waals surface area contributed by atoms with Crippen LogP contribution in [0.5, 0.6) is 0 Å². The summed E-state index contributed by atoms with van der Waals surface area (Å²) in [6.45, 7) is 24.9. The minimum Gasteiger partial charge on any atom is -0.299 e. The van der Waals surface area contributed by atoms with E-state index >= 15 is 0 Å². The van der Waals surface area contributed by atoms with E-state index in [1.165, 1.54) is 0 Å². The lowest BCUT2D eigenvalue weighted by Crippen LogP contribution is -2.22. The molecule has 0 aliphatic carbocycles. The summed E-state index contributed by atoms with van der Waals surface area (Å²) in [6.07, 6.45) is 3.11. The van der Waals surface area contributed by atoms with E-state index in [0.717, 1.165) is 5.69 Å². The number of ketones is 2. The molecule has 0 saturated carbocycles. The molecular formula is C26H55N3O2. The number of rotatable bonds is 4. The second-order valence-electron chi connectivity index (χ2n) is 12.2. The first-order valence-electron chi connectivity index (χ1n) is 10.2. The van der Waals surface area contributed by atoms with Crippen LogP contribution in [0.1, 0.15) is 130 Å². The molecule has 0 unspecified atom stereocenters. The molecule has 5 heteroatoms. The zero-order valence-electron chi connectivity index (χ0n) is 20.4. The lowest BCUT2D eigenvalue weighted by atomic mass is 9.85. The van der Waals surface area contributed by atoms with Gasteiger partial charge in [-0.05, 0) is 31.6 Å². The average Bonchev–Trinajstić information content (AvgIpc) is 2.82. The third-order valence-electron chi connectivity index (χ3n) is 3.80. The molecule has 0 aliphatic rings. The van der Waals surface area contributed by atoms with Gasteiger partial charge >= 0.3 is 0 Å². The molecule has 0 saturated heterocycles. The Hall–Kier alpha value is -1.52. The van der Waals surface area contributed by atoms with Gasteiger partial charge < -0.3 is 0 Å². The van der Waals surface area contributed by atoms with Crippen molar-refractivity contribution in [3.05, 3.63) is 11.9 Å². The Morgan fingerprint density at radius 3 is 1.29 bits per heavy atom. The Morgan fingerprint density at radius 2 is 1.10 bits per heavy atom. The number of carbonyl (C=O) groups is 2. The van der Waals surface area contributed by atoms with E-state index in [1.54, 1.807) is 0 Å². The quantitative estimate of drug-likeness (QED) is 0.450. The van der Waals surface area contributed by atoms with Gasteiger partial charge in [0.05, 0.1) is 17.7 Å². The Labute approximate surface area is 194 Å². The summed E-state index contributed by atoms with van der Waals surface area (Å²) in [5.74, 6) is 0.133. The van der Waals surface area contributed by atoms with Gasteiger partial charge in [0, 0.05) is 24.5 Å². The van der Waals surface area contributed by atoms with Crippen molar-refractivity contribution in [2.45, 2.75) is 136 Å². The molecule has 0 aliphatic heterocycles. The van der Waals surface area contributed by atoms with Crippen LogP contribution in [-0.4, -0.2) is 26.6 Å². The molecule has 0 spiro atoms. The summed E-state index contributed by atoms with van der Waals surface area (Å²) in [5, 5.41) is 8.29. The lowest BCUT2D eigenvalue weighted by Gasteiger charge is -2.18. The van der Waals surface area contributed by atoms with E-state index in [9.17, 15) is 9.59 Å². The lowest BCUT2D eigenvalue weighted by molar-refractivity contribution is -0.128. The third kappa shape index (κ3) is 17.8. The molecule has 0 atom stereocenters. The van der Waals surface area contributed by atoms with Crippen molar-refractivity contribution >= 4 is 11.6 Å². The van der Waals surface area contributed by atoms with Crippen molar-refractivity contribution in [3.8, 4) is 0 Å². The normalized spacial score (nSPS) is 11.7. The molecule has 0 N–H and O–H groups in total. The van der Waals surface area contributed by atoms with Gasteiger partial charge in [0.1, 0.15) is 11.6 Å². The molecule has 0 fully saturated rings. The van der Waals surface area contributed by atoms with Crippen LogP contribution >= 0.6 is 0 Å². The highest BCUT2D eigenvalue weighted by molar-refractivity contribution is 5.99. The smallest absolute Gasteiger partial charge is 0.140 e. The Morgan fingerprint density at radius 1 is 0.742 bits per heavy atom. The van der Waals surface area contributed by atoms with Gasteiger partial charge in [-0.3, -0.25) is 9.59 Å². The molecule has 1 aromatic heterocycles. The predicted molar refractivity (Wildman–Crippen MR) is 137 cm³/mol. The second-order valence-corrected chi connectivity index (χ2v) is 12.2. The van der Waals surface area contributed by atoms with Crippen LogP contribution in [0.4, 0.5) is 0 Å². The van der Waals surface area contributed by atoms with E-state index in [2.05, 4.69) is 51.9 Å². The van der Waals surface area contributed by atoms with Crippen molar-refractivity contribution in [1.29, 1.82) is 0 Å². The fraction of sp³-hybridized carbons (Fsp3) is 0.846. The van der Waals surface area contributed by atoms with Gasteiger partial charge in [-0.1, -0.05) is 89.8 Å². The molecule has 0 radical (unpaired) electrons. The maximum absolute atomic E-state index is 11.5. The minimum absolute atomic E-state index is 0. The largest absolute Gasteiger partial charge is 0.299 e. The third-order valence-corrected chi connectivity index (χ3v) is 3.80. The van der Waals surface area contributed by atoms with Crippen LogP contribution in [0, 0.1) is 10.8 Å². The molecule has 1 heterocycles. The molecule has 0 aromatic carbocycles. The number of hydrogen-bond acceptors (Lipinski definition) is 4. The van der Waals surface area contributed by atoms with Crippen LogP contribution in [0.15, 0.2) is 6.20 Å². The molecule has 31 heavy (non-hydrogen) atoms. The summed E-state index contributed by atoms with van der Waals surface area (Å²) in [4.78, 5) is 23.1. The zero-order chi connectivity index (χ0) is 22.6. The molecule has 186 valence electrons. The Bertz CT molecular complexity index is 591. The standard InChI is InChI=1S/C13H24O2.C10H19N3.3CH4/c1-12(2,3)8-10(14)7-11(15)9-13(4,5)6;1-9(2,3)8-7-13(12-11-8)10(4,5)6;;;/h7-9H2,1-6H3;7H,1-6H3;3*1H4. The number of hydrogen-bond donors (Lipinski definition) is 0. The van der Waals surface area contributed by atoms with E-state index in [0.29, 0.717) is 12.8 Å². The van der Waals surface area contributed by atoms with Crippen molar-refractivity contribution in [3.63, 3.8) is 0 Å². The highest BCUT2D eigenvalue weighted by atomic mass is 16.1. The number of nitrogens with zero attached hydrogens (tertiary/aromatic N) is 3. The molecule has 1 aromatic rings. The van der Waals surface area contributed by atoms with Gasteiger partial charge in [0.25, 0.3) is 0 Å².